The van der Waals surface area contributed by atoms with Crippen LogP contribution in [-0.2, 0) is 0 Å². The first-order chi connectivity index (χ1) is 9.65. The van der Waals surface area contributed by atoms with Gasteiger partial charge in [0.05, 0.1) is 0 Å². The predicted octanol–water partition coefficient (Wildman–Crippen LogP) is 5.32. The Labute approximate surface area is 126 Å². The minimum Gasteiger partial charge on any atom is -0.311 e. The van der Waals surface area contributed by atoms with Crippen molar-refractivity contribution < 1.29 is 0 Å². The van der Waals surface area contributed by atoms with E-state index in [1.807, 2.05) is 0 Å². The third-order valence-electron chi connectivity index (χ3n) is 5.35. The van der Waals surface area contributed by atoms with Crippen molar-refractivity contribution in [3.63, 3.8) is 0 Å². The Hall–Kier alpha value is -0.300. The summed E-state index contributed by atoms with van der Waals surface area (Å²) in [6.45, 7) is 8.08. The van der Waals surface area contributed by atoms with Gasteiger partial charge in [0.2, 0.25) is 0 Å². The Morgan fingerprint density at radius 1 is 1.00 bits per heavy atom. The molecule has 0 unspecified atom stereocenters. The molecule has 0 aromatic rings. The van der Waals surface area contributed by atoms with Crippen LogP contribution in [0.25, 0.3) is 0 Å². The van der Waals surface area contributed by atoms with Crippen LogP contribution in [0.15, 0.2) is 11.6 Å². The molecule has 1 heteroatoms. The smallest absolute Gasteiger partial charge is 0.0169 e. The quantitative estimate of drug-likeness (QED) is 0.671. The van der Waals surface area contributed by atoms with E-state index in [-0.39, 0.29) is 0 Å². The number of allylic oxidation sites excluding steroid dienone is 1. The zero-order valence-electron chi connectivity index (χ0n) is 14.0. The summed E-state index contributed by atoms with van der Waals surface area (Å²) in [5, 5.41) is 3.67. The van der Waals surface area contributed by atoms with Crippen LogP contribution in [0.2, 0.25) is 0 Å². The summed E-state index contributed by atoms with van der Waals surface area (Å²) in [6.07, 6.45) is 15.7. The monoisotopic (exact) mass is 277 g/mol. The molecular formula is C19H35N. The second-order valence-electron chi connectivity index (χ2n) is 7.63. The summed E-state index contributed by atoms with van der Waals surface area (Å²) in [6, 6.07) is 0.605. The second-order valence-corrected chi connectivity index (χ2v) is 7.63. The van der Waals surface area contributed by atoms with Crippen LogP contribution in [0, 0.1) is 17.8 Å². The molecule has 0 aliphatic heterocycles. The van der Waals surface area contributed by atoms with Gasteiger partial charge in [0.25, 0.3) is 0 Å². The maximum atomic E-state index is 3.67. The molecule has 20 heavy (non-hydrogen) atoms. The van der Waals surface area contributed by atoms with Gasteiger partial charge in [0.1, 0.15) is 0 Å². The molecule has 0 aromatic heterocycles. The normalized spacial score (nSPS) is 29.9. The van der Waals surface area contributed by atoms with Crippen molar-refractivity contribution in [2.75, 3.05) is 6.54 Å². The van der Waals surface area contributed by atoms with E-state index in [0.29, 0.717) is 6.04 Å². The van der Waals surface area contributed by atoms with E-state index in [2.05, 4.69) is 32.2 Å². The summed E-state index contributed by atoms with van der Waals surface area (Å²) in [7, 11) is 0. The number of nitrogens with one attached hydrogen (secondary N) is 1. The SMILES string of the molecule is CC1CCC(C=C(CNC(C)C)C2CCCCC2)CC1. The third kappa shape index (κ3) is 5.24. The highest BCUT2D eigenvalue weighted by molar-refractivity contribution is 5.12. The van der Waals surface area contributed by atoms with Crippen LogP contribution >= 0.6 is 0 Å². The van der Waals surface area contributed by atoms with Crippen molar-refractivity contribution >= 4 is 0 Å². The van der Waals surface area contributed by atoms with Crippen molar-refractivity contribution in [2.24, 2.45) is 17.8 Å². The van der Waals surface area contributed by atoms with Gasteiger partial charge in [-0.15, -0.1) is 0 Å². The molecule has 2 aliphatic carbocycles. The topological polar surface area (TPSA) is 12.0 Å². The number of hydrogen-bond acceptors (Lipinski definition) is 1. The lowest BCUT2D eigenvalue weighted by Gasteiger charge is -2.29. The second kappa shape index (κ2) is 8.22. The minimum atomic E-state index is 0.605. The minimum absolute atomic E-state index is 0.605. The molecule has 116 valence electrons. The van der Waals surface area contributed by atoms with Crippen molar-refractivity contribution in [1.82, 2.24) is 5.32 Å². The van der Waals surface area contributed by atoms with E-state index in [9.17, 15) is 0 Å². The molecule has 2 rings (SSSR count). The van der Waals surface area contributed by atoms with E-state index in [1.54, 1.807) is 5.57 Å². The summed E-state index contributed by atoms with van der Waals surface area (Å²) in [4.78, 5) is 0. The zero-order chi connectivity index (χ0) is 14.4. The first kappa shape index (κ1) is 16.1. The Bertz CT molecular complexity index is 291. The molecule has 2 saturated carbocycles. The fourth-order valence-electron chi connectivity index (χ4n) is 3.89. The van der Waals surface area contributed by atoms with Crippen LogP contribution in [-0.4, -0.2) is 12.6 Å². The van der Waals surface area contributed by atoms with Crippen LogP contribution in [0.4, 0.5) is 0 Å². The molecule has 0 heterocycles. The van der Waals surface area contributed by atoms with Crippen LogP contribution in [0.1, 0.15) is 78.6 Å². The standard InChI is InChI=1S/C19H35N/c1-15(2)20-14-19(18-7-5-4-6-8-18)13-17-11-9-16(3)10-12-17/h13,15-18,20H,4-12,14H2,1-3H3. The van der Waals surface area contributed by atoms with Gasteiger partial charge < -0.3 is 5.32 Å². The van der Waals surface area contributed by atoms with Gasteiger partial charge in [-0.05, 0) is 43.4 Å². The van der Waals surface area contributed by atoms with Crippen LogP contribution < -0.4 is 5.32 Å². The van der Waals surface area contributed by atoms with E-state index < -0.39 is 0 Å². The van der Waals surface area contributed by atoms with Gasteiger partial charge in [0.15, 0.2) is 0 Å². The first-order valence-electron chi connectivity index (χ1n) is 9.09. The first-order valence-corrected chi connectivity index (χ1v) is 9.09. The average molecular weight is 277 g/mol. The van der Waals surface area contributed by atoms with Gasteiger partial charge >= 0.3 is 0 Å². The molecule has 2 fully saturated rings. The van der Waals surface area contributed by atoms with E-state index in [1.165, 1.54) is 57.8 Å². The highest BCUT2D eigenvalue weighted by Gasteiger charge is 2.21. The Morgan fingerprint density at radius 2 is 1.65 bits per heavy atom. The van der Waals surface area contributed by atoms with Crippen LogP contribution in [0.5, 0.6) is 0 Å². The van der Waals surface area contributed by atoms with E-state index in [4.69, 9.17) is 0 Å². The van der Waals surface area contributed by atoms with E-state index >= 15 is 0 Å². The zero-order valence-corrected chi connectivity index (χ0v) is 14.0. The van der Waals surface area contributed by atoms with Crippen molar-refractivity contribution in [3.05, 3.63) is 11.6 Å². The molecule has 0 amide bonds. The predicted molar refractivity (Wildman–Crippen MR) is 88.9 cm³/mol. The molecule has 2 aliphatic rings. The molecule has 0 saturated heterocycles. The maximum Gasteiger partial charge on any atom is 0.0169 e. The highest BCUT2D eigenvalue weighted by atomic mass is 14.9. The van der Waals surface area contributed by atoms with E-state index in [0.717, 1.165) is 24.3 Å². The van der Waals surface area contributed by atoms with Crippen LogP contribution in [0.3, 0.4) is 0 Å². The van der Waals surface area contributed by atoms with Crippen molar-refractivity contribution in [3.8, 4) is 0 Å². The summed E-state index contributed by atoms with van der Waals surface area (Å²) >= 11 is 0. The molecule has 1 nitrogen and oxygen atoms in total. The number of hydrogen-bond donors (Lipinski definition) is 1. The maximum absolute atomic E-state index is 3.67. The lowest BCUT2D eigenvalue weighted by molar-refractivity contribution is 0.324. The Morgan fingerprint density at radius 3 is 2.25 bits per heavy atom. The average Bonchev–Trinajstić information content (AvgIpc) is 2.46. The molecule has 0 radical (unpaired) electrons. The molecule has 0 aromatic carbocycles. The lowest BCUT2D eigenvalue weighted by atomic mass is 9.78. The fraction of sp³-hybridized carbons (Fsp3) is 0.895. The van der Waals surface area contributed by atoms with Gasteiger partial charge in [-0.1, -0.05) is 64.5 Å². The third-order valence-corrected chi connectivity index (χ3v) is 5.35. The van der Waals surface area contributed by atoms with Gasteiger partial charge in [0, 0.05) is 12.6 Å². The highest BCUT2D eigenvalue weighted by Crippen LogP contribution is 2.34. The summed E-state index contributed by atoms with van der Waals surface area (Å²) in [5.74, 6) is 2.72. The molecular weight excluding hydrogens is 242 g/mol. The van der Waals surface area contributed by atoms with Gasteiger partial charge in [-0.25, -0.2) is 0 Å². The lowest BCUT2D eigenvalue weighted by Crippen LogP contribution is -2.28. The van der Waals surface area contributed by atoms with Gasteiger partial charge in [-0.2, -0.15) is 0 Å². The largest absolute Gasteiger partial charge is 0.311 e. The Kier molecular flexibility index (Phi) is 6.61. The number of rotatable bonds is 5. The van der Waals surface area contributed by atoms with Gasteiger partial charge in [-0.3, -0.25) is 0 Å². The molecule has 0 spiro atoms. The van der Waals surface area contributed by atoms with Crippen molar-refractivity contribution in [2.45, 2.75) is 84.6 Å². The molecule has 0 atom stereocenters. The molecule has 0 bridgehead atoms. The molecule has 1 N–H and O–H groups in total. The fourth-order valence-corrected chi connectivity index (χ4v) is 3.89. The summed E-state index contributed by atoms with van der Waals surface area (Å²) < 4.78 is 0. The Balaban J connectivity index is 1.96. The summed E-state index contributed by atoms with van der Waals surface area (Å²) in [5.41, 5.74) is 1.75. The van der Waals surface area contributed by atoms with Crippen molar-refractivity contribution in [1.29, 1.82) is 0 Å².